The maximum absolute atomic E-state index is 10.5. The normalized spacial score (nSPS) is 24.1. The average Bonchev–Trinajstić information content (AvgIpc) is 2.93. The largest absolute Gasteiger partial charge is 0.481 e. The molecule has 2 unspecified atom stereocenters. The van der Waals surface area contributed by atoms with Crippen molar-refractivity contribution in [2.75, 3.05) is 12.0 Å². The summed E-state index contributed by atoms with van der Waals surface area (Å²) in [6, 6.07) is 0.302. The third kappa shape index (κ3) is 2.92. The minimum Gasteiger partial charge on any atom is -0.481 e. The van der Waals surface area contributed by atoms with Gasteiger partial charge in [-0.2, -0.15) is 11.8 Å². The van der Waals surface area contributed by atoms with E-state index in [1.54, 1.807) is 4.68 Å². The van der Waals surface area contributed by atoms with Gasteiger partial charge in [0.25, 0.3) is 0 Å². The zero-order valence-electron chi connectivity index (χ0n) is 9.44. The summed E-state index contributed by atoms with van der Waals surface area (Å²) in [6.07, 6.45) is 5.52. The van der Waals surface area contributed by atoms with Crippen molar-refractivity contribution in [1.29, 1.82) is 0 Å². The molecule has 1 aromatic rings. The van der Waals surface area contributed by atoms with E-state index in [4.69, 9.17) is 5.11 Å². The van der Waals surface area contributed by atoms with Gasteiger partial charge in [-0.3, -0.25) is 4.79 Å². The Morgan fingerprint density at radius 3 is 3.12 bits per heavy atom. The minimum absolute atomic E-state index is 0.00295. The van der Waals surface area contributed by atoms with Crippen LogP contribution in [0.25, 0.3) is 0 Å². The van der Waals surface area contributed by atoms with Crippen LogP contribution >= 0.6 is 23.5 Å². The number of tetrazole rings is 1. The highest BCUT2D eigenvalue weighted by atomic mass is 32.2. The molecule has 0 radical (unpaired) electrons. The van der Waals surface area contributed by atoms with Crippen LogP contribution in [0, 0.1) is 0 Å². The van der Waals surface area contributed by atoms with Crippen LogP contribution in [0.5, 0.6) is 0 Å². The summed E-state index contributed by atoms with van der Waals surface area (Å²) in [5, 5.41) is 21.4. The number of aromatic nitrogens is 4. The Balaban J connectivity index is 2.09. The second-order valence-electron chi connectivity index (χ2n) is 3.86. The zero-order valence-corrected chi connectivity index (χ0v) is 11.1. The Bertz CT molecular complexity index is 398. The van der Waals surface area contributed by atoms with E-state index in [0.717, 1.165) is 6.42 Å². The predicted molar refractivity (Wildman–Crippen MR) is 66.4 cm³/mol. The molecule has 1 N–H and O–H groups in total. The van der Waals surface area contributed by atoms with E-state index in [2.05, 4.69) is 21.8 Å². The Morgan fingerprint density at radius 1 is 1.59 bits per heavy atom. The Morgan fingerprint density at radius 2 is 2.41 bits per heavy atom. The highest BCUT2D eigenvalue weighted by Gasteiger charge is 2.31. The lowest BCUT2D eigenvalue weighted by molar-refractivity contribution is -0.133. The molecule has 1 heterocycles. The van der Waals surface area contributed by atoms with Gasteiger partial charge >= 0.3 is 5.97 Å². The molecule has 1 aliphatic carbocycles. The molecule has 1 saturated carbocycles. The van der Waals surface area contributed by atoms with Crippen molar-refractivity contribution in [3.63, 3.8) is 0 Å². The molecule has 0 bridgehead atoms. The lowest BCUT2D eigenvalue weighted by Gasteiger charge is -2.18. The molecule has 1 aliphatic rings. The van der Waals surface area contributed by atoms with Crippen molar-refractivity contribution in [3.8, 4) is 0 Å². The molecule has 0 spiro atoms. The molecule has 17 heavy (non-hydrogen) atoms. The van der Waals surface area contributed by atoms with E-state index in [-0.39, 0.29) is 5.75 Å². The number of thioether (sulfide) groups is 2. The van der Waals surface area contributed by atoms with Crippen molar-refractivity contribution < 1.29 is 9.90 Å². The molecule has 1 aromatic heterocycles. The molecule has 6 nitrogen and oxygen atoms in total. The van der Waals surface area contributed by atoms with Gasteiger partial charge in [-0.05, 0) is 29.5 Å². The van der Waals surface area contributed by atoms with Crippen LogP contribution in [0.15, 0.2) is 5.16 Å². The molecule has 0 aromatic carbocycles. The number of rotatable bonds is 5. The maximum Gasteiger partial charge on any atom is 0.313 e. The van der Waals surface area contributed by atoms with E-state index in [0.29, 0.717) is 16.4 Å². The molecule has 1 fully saturated rings. The zero-order chi connectivity index (χ0) is 12.3. The fraction of sp³-hybridized carbons (Fsp3) is 0.778. The lowest BCUT2D eigenvalue weighted by atomic mass is 10.2. The molecule has 0 saturated heterocycles. The topological polar surface area (TPSA) is 80.9 Å². The molecule has 8 heteroatoms. The van der Waals surface area contributed by atoms with Crippen molar-refractivity contribution in [2.45, 2.75) is 35.7 Å². The van der Waals surface area contributed by atoms with Crippen molar-refractivity contribution >= 4 is 29.5 Å². The van der Waals surface area contributed by atoms with E-state index in [9.17, 15) is 4.79 Å². The first-order valence-electron chi connectivity index (χ1n) is 5.37. The number of carboxylic acid groups (broad SMARTS) is 1. The third-order valence-corrected chi connectivity index (χ3v) is 4.90. The monoisotopic (exact) mass is 274 g/mol. The second kappa shape index (κ2) is 5.72. The number of aliphatic carboxylic acids is 1. The van der Waals surface area contributed by atoms with Crippen LogP contribution in [0.4, 0.5) is 0 Å². The summed E-state index contributed by atoms with van der Waals surface area (Å²) in [5.41, 5.74) is 0. The summed E-state index contributed by atoms with van der Waals surface area (Å²) in [4.78, 5) is 10.5. The van der Waals surface area contributed by atoms with Gasteiger partial charge in [-0.15, -0.1) is 5.10 Å². The Kier molecular flexibility index (Phi) is 4.27. The smallest absolute Gasteiger partial charge is 0.313 e. The first kappa shape index (κ1) is 12.7. The standard InChI is InChI=1S/C9H14N4O2S2/c1-16-7-4-2-3-6(7)13-9(10-11-12-13)17-5-8(14)15/h6-7H,2-5H2,1H3,(H,14,15). The van der Waals surface area contributed by atoms with E-state index in [1.807, 2.05) is 11.8 Å². The molecule has 0 amide bonds. The predicted octanol–water partition coefficient (Wildman–Crippen LogP) is 1.31. The Labute approximate surface area is 108 Å². The fourth-order valence-electron chi connectivity index (χ4n) is 2.08. The highest BCUT2D eigenvalue weighted by Crippen LogP contribution is 2.38. The molecule has 2 atom stereocenters. The van der Waals surface area contributed by atoms with Gasteiger partial charge in [-0.25, -0.2) is 4.68 Å². The number of carboxylic acids is 1. The van der Waals surface area contributed by atoms with Crippen molar-refractivity contribution in [3.05, 3.63) is 0 Å². The molecular weight excluding hydrogens is 260 g/mol. The summed E-state index contributed by atoms with van der Waals surface area (Å²) >= 11 is 3.01. The van der Waals surface area contributed by atoms with E-state index >= 15 is 0 Å². The molecule has 2 rings (SSSR count). The van der Waals surface area contributed by atoms with E-state index in [1.165, 1.54) is 24.6 Å². The second-order valence-corrected chi connectivity index (χ2v) is 5.88. The fourth-order valence-corrected chi connectivity index (χ4v) is 3.69. The van der Waals surface area contributed by atoms with Crippen LogP contribution < -0.4 is 0 Å². The summed E-state index contributed by atoms with van der Waals surface area (Å²) in [6.45, 7) is 0. The van der Waals surface area contributed by atoms with Gasteiger partial charge in [0.1, 0.15) is 0 Å². The van der Waals surface area contributed by atoms with Crippen molar-refractivity contribution in [1.82, 2.24) is 20.2 Å². The first-order chi connectivity index (χ1) is 8.22. The van der Waals surface area contributed by atoms with Crippen LogP contribution in [0.2, 0.25) is 0 Å². The van der Waals surface area contributed by atoms with Gasteiger partial charge in [0.05, 0.1) is 11.8 Å². The quantitative estimate of drug-likeness (QED) is 0.811. The van der Waals surface area contributed by atoms with Crippen LogP contribution in [0.3, 0.4) is 0 Å². The van der Waals surface area contributed by atoms with Gasteiger partial charge in [-0.1, -0.05) is 18.2 Å². The molecular formula is C9H14N4O2S2. The van der Waals surface area contributed by atoms with Crippen LogP contribution in [-0.4, -0.2) is 48.5 Å². The van der Waals surface area contributed by atoms with Crippen molar-refractivity contribution in [2.24, 2.45) is 0 Å². The molecule has 94 valence electrons. The number of hydrogen-bond donors (Lipinski definition) is 1. The SMILES string of the molecule is CSC1CCCC1n1nnnc1SCC(=O)O. The summed E-state index contributed by atoms with van der Waals surface area (Å²) in [5.74, 6) is -0.853. The number of nitrogens with zero attached hydrogens (tertiary/aromatic N) is 4. The maximum atomic E-state index is 10.5. The molecule has 0 aliphatic heterocycles. The number of carbonyl (C=O) groups is 1. The Hall–Kier alpha value is -0.760. The van der Waals surface area contributed by atoms with Gasteiger partial charge in [0.2, 0.25) is 5.16 Å². The average molecular weight is 274 g/mol. The van der Waals surface area contributed by atoms with E-state index < -0.39 is 5.97 Å². The summed E-state index contributed by atoms with van der Waals surface area (Å²) in [7, 11) is 0. The number of hydrogen-bond acceptors (Lipinski definition) is 6. The minimum atomic E-state index is -0.850. The first-order valence-corrected chi connectivity index (χ1v) is 7.65. The highest BCUT2D eigenvalue weighted by molar-refractivity contribution is 7.99. The van der Waals surface area contributed by atoms with Crippen LogP contribution in [-0.2, 0) is 4.79 Å². The third-order valence-electron chi connectivity index (χ3n) is 2.82. The van der Waals surface area contributed by atoms with Crippen LogP contribution in [0.1, 0.15) is 25.3 Å². The lowest BCUT2D eigenvalue weighted by Crippen LogP contribution is -2.18. The van der Waals surface area contributed by atoms with Gasteiger partial charge in [0.15, 0.2) is 0 Å². The summed E-state index contributed by atoms with van der Waals surface area (Å²) < 4.78 is 1.79. The van der Waals surface area contributed by atoms with Gasteiger partial charge < -0.3 is 5.11 Å². The van der Waals surface area contributed by atoms with Gasteiger partial charge in [0, 0.05) is 5.25 Å².